The van der Waals surface area contributed by atoms with Crippen LogP contribution >= 0.6 is 0 Å². The van der Waals surface area contributed by atoms with Crippen LogP contribution in [0.3, 0.4) is 0 Å². The average molecular weight is 342 g/mol. The highest BCUT2D eigenvalue weighted by Crippen LogP contribution is 2.13. The summed E-state index contributed by atoms with van der Waals surface area (Å²) in [5.41, 5.74) is 1.90. The molecule has 0 unspecified atom stereocenters. The van der Waals surface area contributed by atoms with Gasteiger partial charge in [0.15, 0.2) is 0 Å². The number of ether oxygens (including phenoxy) is 2. The summed E-state index contributed by atoms with van der Waals surface area (Å²) in [4.78, 5) is 11.7. The Labute approximate surface area is 147 Å². The highest BCUT2D eigenvalue weighted by Gasteiger charge is 2.11. The van der Waals surface area contributed by atoms with Gasteiger partial charge in [-0.25, -0.2) is 4.79 Å². The van der Waals surface area contributed by atoms with Gasteiger partial charge in [-0.2, -0.15) is 10.1 Å². The average Bonchev–Trinajstić information content (AvgIpc) is 2.65. The Balaban J connectivity index is 1.92. The molecule has 1 amide bonds. The second-order valence-corrected chi connectivity index (χ2v) is 5.13. The third kappa shape index (κ3) is 6.27. The SMILES string of the molecule is CCOC(=O)N(CCO)/N=C/c1ccc(OCc2ccccc2)cc1. The molecule has 0 spiro atoms. The van der Waals surface area contributed by atoms with Crippen molar-refractivity contribution < 1.29 is 19.4 Å². The third-order valence-electron chi connectivity index (χ3n) is 3.26. The van der Waals surface area contributed by atoms with Crippen molar-refractivity contribution in [3.63, 3.8) is 0 Å². The molecule has 2 aromatic carbocycles. The number of amides is 1. The van der Waals surface area contributed by atoms with Gasteiger partial charge in [-0.3, -0.25) is 0 Å². The summed E-state index contributed by atoms with van der Waals surface area (Å²) in [5.74, 6) is 0.749. The minimum Gasteiger partial charge on any atom is -0.489 e. The molecule has 0 saturated carbocycles. The predicted molar refractivity (Wildman–Crippen MR) is 95.6 cm³/mol. The summed E-state index contributed by atoms with van der Waals surface area (Å²) in [7, 11) is 0. The van der Waals surface area contributed by atoms with Crippen LogP contribution in [-0.4, -0.2) is 42.2 Å². The van der Waals surface area contributed by atoms with Crippen LogP contribution in [0.5, 0.6) is 5.75 Å². The normalized spacial score (nSPS) is 10.6. The molecule has 0 aliphatic heterocycles. The zero-order valence-corrected chi connectivity index (χ0v) is 14.2. The lowest BCUT2D eigenvalue weighted by atomic mass is 10.2. The Kier molecular flexibility index (Phi) is 7.46. The first kappa shape index (κ1) is 18.5. The first-order valence-electron chi connectivity index (χ1n) is 8.09. The fourth-order valence-corrected chi connectivity index (χ4v) is 2.02. The molecule has 0 fully saturated rings. The van der Waals surface area contributed by atoms with E-state index in [0.717, 1.165) is 21.9 Å². The van der Waals surface area contributed by atoms with Crippen LogP contribution in [0.1, 0.15) is 18.1 Å². The Morgan fingerprint density at radius 1 is 1.16 bits per heavy atom. The molecule has 0 atom stereocenters. The Morgan fingerprint density at radius 3 is 2.52 bits per heavy atom. The molecule has 25 heavy (non-hydrogen) atoms. The van der Waals surface area contributed by atoms with Crippen molar-refractivity contribution in [2.24, 2.45) is 5.10 Å². The lowest BCUT2D eigenvalue weighted by molar-refractivity contribution is 0.100. The maximum atomic E-state index is 11.7. The topological polar surface area (TPSA) is 71.4 Å². The van der Waals surface area contributed by atoms with Gasteiger partial charge in [0.05, 0.1) is 26.0 Å². The fraction of sp³-hybridized carbons (Fsp3) is 0.263. The molecule has 132 valence electrons. The number of aliphatic hydroxyl groups is 1. The number of rotatable bonds is 8. The van der Waals surface area contributed by atoms with E-state index in [1.165, 1.54) is 6.21 Å². The first-order chi connectivity index (χ1) is 12.2. The molecule has 0 bridgehead atoms. The van der Waals surface area contributed by atoms with Crippen molar-refractivity contribution in [2.75, 3.05) is 19.8 Å². The van der Waals surface area contributed by atoms with E-state index in [-0.39, 0.29) is 19.8 Å². The molecule has 2 aromatic rings. The maximum Gasteiger partial charge on any atom is 0.430 e. The molecular formula is C19H22N2O4. The van der Waals surface area contributed by atoms with Crippen LogP contribution in [-0.2, 0) is 11.3 Å². The summed E-state index contributed by atoms with van der Waals surface area (Å²) in [5, 5.41) is 14.1. The number of hydrogen-bond donors (Lipinski definition) is 1. The van der Waals surface area contributed by atoms with E-state index in [4.69, 9.17) is 14.6 Å². The molecule has 0 aliphatic carbocycles. The van der Waals surface area contributed by atoms with Crippen molar-refractivity contribution in [3.8, 4) is 5.75 Å². The van der Waals surface area contributed by atoms with Crippen LogP contribution < -0.4 is 4.74 Å². The van der Waals surface area contributed by atoms with Crippen LogP contribution in [0.25, 0.3) is 0 Å². The van der Waals surface area contributed by atoms with Gasteiger partial charge in [-0.1, -0.05) is 30.3 Å². The standard InChI is InChI=1S/C19H22N2O4/c1-2-24-19(23)21(12-13-22)20-14-16-8-10-18(11-9-16)25-15-17-6-4-3-5-7-17/h3-11,14,22H,2,12-13,15H2,1H3/b20-14+. The van der Waals surface area contributed by atoms with Gasteiger partial charge in [-0.05, 0) is 42.3 Å². The number of hydrogen-bond acceptors (Lipinski definition) is 5. The van der Waals surface area contributed by atoms with Crippen molar-refractivity contribution in [2.45, 2.75) is 13.5 Å². The Bertz CT molecular complexity index is 672. The molecule has 0 aromatic heterocycles. The Morgan fingerprint density at radius 2 is 1.88 bits per heavy atom. The van der Waals surface area contributed by atoms with E-state index in [9.17, 15) is 4.79 Å². The minimum atomic E-state index is -0.587. The molecule has 6 heteroatoms. The van der Waals surface area contributed by atoms with Gasteiger partial charge < -0.3 is 14.6 Å². The van der Waals surface area contributed by atoms with Crippen LogP contribution in [0.15, 0.2) is 59.7 Å². The second kappa shape index (κ2) is 10.1. The van der Waals surface area contributed by atoms with E-state index in [0.29, 0.717) is 6.61 Å². The van der Waals surface area contributed by atoms with Gasteiger partial charge in [0, 0.05) is 0 Å². The molecule has 0 saturated heterocycles. The van der Waals surface area contributed by atoms with Gasteiger partial charge in [0.25, 0.3) is 0 Å². The van der Waals surface area contributed by atoms with E-state index in [1.807, 2.05) is 54.6 Å². The van der Waals surface area contributed by atoms with Gasteiger partial charge >= 0.3 is 6.09 Å². The molecule has 1 N–H and O–H groups in total. The monoisotopic (exact) mass is 342 g/mol. The van der Waals surface area contributed by atoms with Crippen molar-refractivity contribution >= 4 is 12.3 Å². The number of hydrazone groups is 1. The number of carbonyl (C=O) groups excluding carboxylic acids is 1. The van der Waals surface area contributed by atoms with Gasteiger partial charge in [-0.15, -0.1) is 0 Å². The zero-order chi connectivity index (χ0) is 17.9. The number of benzene rings is 2. The Hall–Kier alpha value is -2.86. The molecule has 0 aliphatic rings. The first-order valence-corrected chi connectivity index (χ1v) is 8.09. The lowest BCUT2D eigenvalue weighted by Gasteiger charge is -2.14. The number of carbonyl (C=O) groups is 1. The van der Waals surface area contributed by atoms with E-state index in [2.05, 4.69) is 5.10 Å². The highest BCUT2D eigenvalue weighted by molar-refractivity contribution is 5.81. The zero-order valence-electron chi connectivity index (χ0n) is 14.2. The largest absolute Gasteiger partial charge is 0.489 e. The summed E-state index contributed by atoms with van der Waals surface area (Å²) < 4.78 is 10.6. The predicted octanol–water partition coefficient (Wildman–Crippen LogP) is 3.05. The summed E-state index contributed by atoms with van der Waals surface area (Å²) in [6.45, 7) is 2.36. The lowest BCUT2D eigenvalue weighted by Crippen LogP contribution is -2.29. The molecule has 0 heterocycles. The second-order valence-electron chi connectivity index (χ2n) is 5.13. The number of aliphatic hydroxyl groups excluding tert-OH is 1. The van der Waals surface area contributed by atoms with Crippen LogP contribution in [0, 0.1) is 0 Å². The molecule has 0 radical (unpaired) electrons. The third-order valence-corrected chi connectivity index (χ3v) is 3.26. The van der Waals surface area contributed by atoms with Crippen LogP contribution in [0.2, 0.25) is 0 Å². The van der Waals surface area contributed by atoms with E-state index >= 15 is 0 Å². The van der Waals surface area contributed by atoms with E-state index in [1.54, 1.807) is 6.92 Å². The molecule has 6 nitrogen and oxygen atoms in total. The minimum absolute atomic E-state index is 0.0770. The van der Waals surface area contributed by atoms with Crippen LogP contribution in [0.4, 0.5) is 4.79 Å². The smallest absolute Gasteiger partial charge is 0.430 e. The maximum absolute atomic E-state index is 11.7. The summed E-state index contributed by atoms with van der Waals surface area (Å²) in [6, 6.07) is 17.3. The van der Waals surface area contributed by atoms with Crippen molar-refractivity contribution in [1.29, 1.82) is 0 Å². The molecular weight excluding hydrogens is 320 g/mol. The van der Waals surface area contributed by atoms with Gasteiger partial charge in [0.2, 0.25) is 0 Å². The fourth-order valence-electron chi connectivity index (χ4n) is 2.02. The molecule has 2 rings (SSSR count). The number of nitrogens with zero attached hydrogens (tertiary/aromatic N) is 2. The van der Waals surface area contributed by atoms with Crippen molar-refractivity contribution in [1.82, 2.24) is 5.01 Å². The van der Waals surface area contributed by atoms with Crippen molar-refractivity contribution in [3.05, 3.63) is 65.7 Å². The summed E-state index contributed by atoms with van der Waals surface area (Å²) in [6.07, 6.45) is 0.948. The van der Waals surface area contributed by atoms with E-state index < -0.39 is 6.09 Å². The van der Waals surface area contributed by atoms with Gasteiger partial charge in [0.1, 0.15) is 12.4 Å². The summed E-state index contributed by atoms with van der Waals surface area (Å²) >= 11 is 0. The highest BCUT2D eigenvalue weighted by atomic mass is 16.6. The quantitative estimate of drug-likeness (QED) is 0.591.